The van der Waals surface area contributed by atoms with E-state index in [1.807, 2.05) is 19.1 Å². The Bertz CT molecular complexity index is 622. The highest BCUT2D eigenvalue weighted by atomic mass is 16.3. The second kappa shape index (κ2) is 8.43. The first-order chi connectivity index (χ1) is 11.1. The van der Waals surface area contributed by atoms with Crippen LogP contribution < -0.4 is 5.32 Å². The van der Waals surface area contributed by atoms with Crippen LogP contribution >= 0.6 is 0 Å². The molecular formula is C17H24N4O2. The molecule has 1 aromatic heterocycles. The molecule has 1 atom stereocenters. The van der Waals surface area contributed by atoms with Crippen LogP contribution in [0.25, 0.3) is 0 Å². The first-order valence-corrected chi connectivity index (χ1v) is 7.97. The molecule has 2 aromatic rings. The number of rotatable bonds is 8. The van der Waals surface area contributed by atoms with Gasteiger partial charge >= 0.3 is 0 Å². The van der Waals surface area contributed by atoms with Crippen molar-refractivity contribution in [2.24, 2.45) is 0 Å². The van der Waals surface area contributed by atoms with Crippen molar-refractivity contribution in [3.8, 4) is 0 Å². The van der Waals surface area contributed by atoms with Gasteiger partial charge in [-0.1, -0.05) is 42.8 Å². The molecule has 0 unspecified atom stereocenters. The second-order valence-electron chi connectivity index (χ2n) is 5.80. The predicted octanol–water partition coefficient (Wildman–Crippen LogP) is 1.47. The lowest BCUT2D eigenvalue weighted by Gasteiger charge is -2.13. The van der Waals surface area contributed by atoms with Crippen LogP contribution in [0.5, 0.6) is 0 Å². The first-order valence-electron chi connectivity index (χ1n) is 7.97. The van der Waals surface area contributed by atoms with Crippen LogP contribution in [0.2, 0.25) is 0 Å². The molecular weight excluding hydrogens is 292 g/mol. The van der Waals surface area contributed by atoms with Crippen LogP contribution in [-0.2, 0) is 30.8 Å². The van der Waals surface area contributed by atoms with E-state index in [4.69, 9.17) is 5.11 Å². The quantitative estimate of drug-likeness (QED) is 0.773. The van der Waals surface area contributed by atoms with Crippen molar-refractivity contribution in [2.75, 3.05) is 0 Å². The molecule has 6 heteroatoms. The number of amides is 1. The summed E-state index contributed by atoms with van der Waals surface area (Å²) in [4.78, 5) is 12.1. The number of aryl methyl sites for hydroxylation is 1. The fourth-order valence-corrected chi connectivity index (χ4v) is 2.45. The van der Waals surface area contributed by atoms with E-state index in [1.165, 1.54) is 5.56 Å². The summed E-state index contributed by atoms with van der Waals surface area (Å²) in [5, 5.41) is 19.6. The number of hydrogen-bond donors (Lipinski definition) is 2. The van der Waals surface area contributed by atoms with Crippen molar-refractivity contribution in [1.82, 2.24) is 20.3 Å². The Morgan fingerprint density at radius 1 is 1.30 bits per heavy atom. The van der Waals surface area contributed by atoms with Crippen LogP contribution in [0, 0.1) is 0 Å². The lowest BCUT2D eigenvalue weighted by Crippen LogP contribution is -2.36. The van der Waals surface area contributed by atoms with Gasteiger partial charge in [0.25, 0.3) is 0 Å². The van der Waals surface area contributed by atoms with Crippen molar-refractivity contribution >= 4 is 5.91 Å². The van der Waals surface area contributed by atoms with Gasteiger partial charge in [0.1, 0.15) is 5.69 Å². The van der Waals surface area contributed by atoms with Crippen molar-refractivity contribution in [1.29, 1.82) is 0 Å². The van der Waals surface area contributed by atoms with Crippen molar-refractivity contribution in [3.05, 3.63) is 47.3 Å². The van der Waals surface area contributed by atoms with Gasteiger partial charge in [-0.15, -0.1) is 5.10 Å². The summed E-state index contributed by atoms with van der Waals surface area (Å²) in [7, 11) is 0. The summed E-state index contributed by atoms with van der Waals surface area (Å²) in [6.07, 6.45) is 4.24. The molecule has 0 radical (unpaired) electrons. The van der Waals surface area contributed by atoms with Gasteiger partial charge in [0.2, 0.25) is 5.91 Å². The SMILES string of the molecule is CCCc1ccc(CC(=O)N[C@H](C)Cn2cc(CO)nn2)cc1. The van der Waals surface area contributed by atoms with Crippen LogP contribution in [0.4, 0.5) is 0 Å². The number of nitrogens with one attached hydrogen (secondary N) is 1. The van der Waals surface area contributed by atoms with Gasteiger partial charge in [-0.2, -0.15) is 0 Å². The van der Waals surface area contributed by atoms with Crippen LogP contribution in [0.15, 0.2) is 30.5 Å². The summed E-state index contributed by atoms with van der Waals surface area (Å²) in [5.41, 5.74) is 2.84. The Labute approximate surface area is 136 Å². The zero-order valence-corrected chi connectivity index (χ0v) is 13.7. The zero-order chi connectivity index (χ0) is 16.7. The minimum Gasteiger partial charge on any atom is -0.390 e. The van der Waals surface area contributed by atoms with E-state index in [0.29, 0.717) is 18.7 Å². The number of hydrogen-bond acceptors (Lipinski definition) is 4. The molecule has 0 fully saturated rings. The van der Waals surface area contributed by atoms with Gasteiger partial charge in [-0.3, -0.25) is 9.48 Å². The number of carbonyl (C=O) groups excluding carboxylic acids is 1. The van der Waals surface area contributed by atoms with Gasteiger partial charge < -0.3 is 10.4 Å². The van der Waals surface area contributed by atoms with E-state index < -0.39 is 0 Å². The largest absolute Gasteiger partial charge is 0.390 e. The topological polar surface area (TPSA) is 80.0 Å². The normalized spacial score (nSPS) is 12.1. The van der Waals surface area contributed by atoms with Gasteiger partial charge in [-0.25, -0.2) is 0 Å². The second-order valence-corrected chi connectivity index (χ2v) is 5.80. The Morgan fingerprint density at radius 2 is 2.00 bits per heavy atom. The summed E-state index contributed by atoms with van der Waals surface area (Å²) in [5.74, 6) is -0.0109. The van der Waals surface area contributed by atoms with Gasteiger partial charge in [-0.05, 0) is 24.5 Å². The smallest absolute Gasteiger partial charge is 0.224 e. The third-order valence-electron chi connectivity index (χ3n) is 3.54. The highest BCUT2D eigenvalue weighted by Crippen LogP contribution is 2.07. The van der Waals surface area contributed by atoms with Crippen LogP contribution in [0.1, 0.15) is 37.1 Å². The minimum absolute atomic E-state index is 0.0109. The standard InChI is InChI=1S/C17H24N4O2/c1-3-4-14-5-7-15(8-6-14)9-17(23)18-13(2)10-21-11-16(12-22)19-20-21/h5-8,11,13,22H,3-4,9-10,12H2,1-2H3,(H,18,23)/t13-/m1/s1. The van der Waals surface area contributed by atoms with E-state index >= 15 is 0 Å². The van der Waals surface area contributed by atoms with E-state index in [1.54, 1.807) is 10.9 Å². The average Bonchev–Trinajstić information content (AvgIpc) is 2.96. The van der Waals surface area contributed by atoms with E-state index in [9.17, 15) is 4.79 Å². The van der Waals surface area contributed by atoms with Crippen LogP contribution in [0.3, 0.4) is 0 Å². The Kier molecular flexibility index (Phi) is 6.29. The maximum atomic E-state index is 12.1. The number of carbonyl (C=O) groups is 1. The highest BCUT2D eigenvalue weighted by molar-refractivity contribution is 5.78. The molecule has 2 N–H and O–H groups in total. The molecule has 0 bridgehead atoms. The third kappa shape index (κ3) is 5.49. The predicted molar refractivity (Wildman–Crippen MR) is 87.7 cm³/mol. The third-order valence-corrected chi connectivity index (χ3v) is 3.54. The number of benzene rings is 1. The Balaban J connectivity index is 1.81. The maximum absolute atomic E-state index is 12.1. The molecule has 0 saturated carbocycles. The summed E-state index contributed by atoms with van der Waals surface area (Å²) < 4.78 is 1.62. The van der Waals surface area contributed by atoms with Crippen LogP contribution in [-0.4, -0.2) is 32.0 Å². The van der Waals surface area contributed by atoms with Crippen molar-refractivity contribution in [3.63, 3.8) is 0 Å². The lowest BCUT2D eigenvalue weighted by atomic mass is 10.1. The van der Waals surface area contributed by atoms with Gasteiger partial charge in [0.15, 0.2) is 0 Å². The molecule has 0 aliphatic carbocycles. The minimum atomic E-state index is -0.130. The van der Waals surface area contributed by atoms with Gasteiger partial charge in [0.05, 0.1) is 25.8 Å². The number of aliphatic hydroxyl groups excluding tert-OH is 1. The fourth-order valence-electron chi connectivity index (χ4n) is 2.45. The zero-order valence-electron chi connectivity index (χ0n) is 13.7. The summed E-state index contributed by atoms with van der Waals surface area (Å²) in [6.45, 7) is 4.47. The Hall–Kier alpha value is -2.21. The molecule has 1 heterocycles. The first kappa shape index (κ1) is 17.1. The molecule has 1 aromatic carbocycles. The van der Waals surface area contributed by atoms with Gasteiger partial charge in [0, 0.05) is 6.04 Å². The number of aromatic nitrogens is 3. The van der Waals surface area contributed by atoms with E-state index in [0.717, 1.165) is 18.4 Å². The molecule has 23 heavy (non-hydrogen) atoms. The molecule has 0 aliphatic rings. The molecule has 0 spiro atoms. The lowest BCUT2D eigenvalue weighted by molar-refractivity contribution is -0.121. The average molecular weight is 316 g/mol. The Morgan fingerprint density at radius 3 is 2.61 bits per heavy atom. The number of nitrogens with zero attached hydrogens (tertiary/aromatic N) is 3. The monoisotopic (exact) mass is 316 g/mol. The summed E-state index contributed by atoms with van der Waals surface area (Å²) in [6, 6.07) is 8.14. The molecule has 0 aliphatic heterocycles. The molecule has 1 amide bonds. The molecule has 0 saturated heterocycles. The highest BCUT2D eigenvalue weighted by Gasteiger charge is 2.10. The van der Waals surface area contributed by atoms with E-state index in [-0.39, 0.29) is 18.6 Å². The van der Waals surface area contributed by atoms with E-state index in [2.05, 4.69) is 34.7 Å². The fraction of sp³-hybridized carbons (Fsp3) is 0.471. The molecule has 6 nitrogen and oxygen atoms in total. The molecule has 124 valence electrons. The van der Waals surface area contributed by atoms with Crippen molar-refractivity contribution in [2.45, 2.75) is 52.3 Å². The maximum Gasteiger partial charge on any atom is 0.224 e. The molecule has 2 rings (SSSR count). The number of aliphatic hydroxyl groups is 1. The summed E-state index contributed by atoms with van der Waals surface area (Å²) >= 11 is 0. The van der Waals surface area contributed by atoms with Crippen molar-refractivity contribution < 1.29 is 9.90 Å².